The number of benzene rings is 2. The predicted molar refractivity (Wildman–Crippen MR) is 109 cm³/mol. The van der Waals surface area contributed by atoms with Crippen molar-refractivity contribution in [1.82, 2.24) is 4.90 Å². The van der Waals surface area contributed by atoms with Crippen LogP contribution in [0.1, 0.15) is 11.1 Å². The number of aliphatic hydroxyl groups is 1. The van der Waals surface area contributed by atoms with Gasteiger partial charge in [0.15, 0.2) is 0 Å². The van der Waals surface area contributed by atoms with Crippen molar-refractivity contribution in [2.24, 2.45) is 0 Å². The summed E-state index contributed by atoms with van der Waals surface area (Å²) >= 11 is 0. The highest BCUT2D eigenvalue weighted by Gasteiger charge is 2.21. The molecule has 0 aliphatic carbocycles. The molecule has 2 aromatic carbocycles. The van der Waals surface area contributed by atoms with Crippen molar-refractivity contribution in [3.8, 4) is 11.5 Å². The minimum absolute atomic E-state index is 0.295. The fourth-order valence-corrected chi connectivity index (χ4v) is 3.46. The first-order valence-corrected chi connectivity index (χ1v) is 9.55. The second-order valence-corrected chi connectivity index (χ2v) is 7.15. The number of aryl methyl sites for hydroxylation is 1. The van der Waals surface area contributed by atoms with Crippen LogP contribution in [0.2, 0.25) is 0 Å². The Kier molecular flexibility index (Phi) is 6.58. The number of rotatable bonds is 7. The van der Waals surface area contributed by atoms with E-state index in [1.807, 2.05) is 24.3 Å². The highest BCUT2D eigenvalue weighted by atomic mass is 16.5. The molecule has 1 unspecified atom stereocenters. The van der Waals surface area contributed by atoms with Crippen LogP contribution >= 0.6 is 0 Å². The van der Waals surface area contributed by atoms with E-state index < -0.39 is 6.10 Å². The lowest BCUT2D eigenvalue weighted by Gasteiger charge is -2.37. The van der Waals surface area contributed by atoms with Crippen LogP contribution in [-0.4, -0.2) is 62.6 Å². The molecule has 1 aliphatic rings. The van der Waals surface area contributed by atoms with E-state index in [0.29, 0.717) is 13.2 Å². The molecule has 0 spiro atoms. The topological polar surface area (TPSA) is 45.2 Å². The van der Waals surface area contributed by atoms with E-state index in [9.17, 15) is 5.11 Å². The number of nitrogens with zero attached hydrogens (tertiary/aromatic N) is 2. The molecule has 1 fully saturated rings. The third-order valence-electron chi connectivity index (χ3n) is 5.26. The second kappa shape index (κ2) is 9.11. The van der Waals surface area contributed by atoms with Crippen LogP contribution in [0.5, 0.6) is 11.5 Å². The molecule has 1 aliphatic heterocycles. The van der Waals surface area contributed by atoms with Gasteiger partial charge in [0.1, 0.15) is 24.2 Å². The summed E-state index contributed by atoms with van der Waals surface area (Å²) in [6, 6.07) is 13.9. The first kappa shape index (κ1) is 19.5. The Morgan fingerprint density at radius 2 is 1.63 bits per heavy atom. The van der Waals surface area contributed by atoms with Gasteiger partial charge in [-0.05, 0) is 55.3 Å². The lowest BCUT2D eigenvalue weighted by Crippen LogP contribution is -2.49. The van der Waals surface area contributed by atoms with Gasteiger partial charge in [-0.2, -0.15) is 0 Å². The standard InChI is InChI=1S/C22H30N2O3/c1-17-5-4-6-22(18(17)2)24-13-11-23(12-14-24)15-19(25)16-27-21-9-7-20(26-3)8-10-21/h4-10,19,25H,11-16H2,1-3H3. The Bertz CT molecular complexity index is 725. The first-order chi connectivity index (χ1) is 13.1. The van der Waals surface area contributed by atoms with Crippen molar-refractivity contribution in [2.45, 2.75) is 20.0 Å². The first-order valence-electron chi connectivity index (χ1n) is 9.55. The molecule has 2 aromatic rings. The maximum atomic E-state index is 10.3. The quantitative estimate of drug-likeness (QED) is 0.812. The molecule has 146 valence electrons. The lowest BCUT2D eigenvalue weighted by atomic mass is 10.1. The third-order valence-corrected chi connectivity index (χ3v) is 5.26. The lowest BCUT2D eigenvalue weighted by molar-refractivity contribution is 0.0663. The Hall–Kier alpha value is -2.24. The number of aliphatic hydroxyl groups excluding tert-OH is 1. The average molecular weight is 370 g/mol. The summed E-state index contributed by atoms with van der Waals surface area (Å²) in [4.78, 5) is 4.75. The van der Waals surface area contributed by atoms with Crippen molar-refractivity contribution < 1.29 is 14.6 Å². The van der Waals surface area contributed by atoms with Crippen molar-refractivity contribution in [2.75, 3.05) is 51.3 Å². The van der Waals surface area contributed by atoms with E-state index in [1.54, 1.807) is 7.11 Å². The fraction of sp³-hybridized carbons (Fsp3) is 0.455. The highest BCUT2D eigenvalue weighted by molar-refractivity contribution is 5.56. The van der Waals surface area contributed by atoms with Crippen LogP contribution in [0.3, 0.4) is 0 Å². The molecule has 0 amide bonds. The zero-order valence-electron chi connectivity index (χ0n) is 16.5. The summed E-state index contributed by atoms with van der Waals surface area (Å²) in [6.07, 6.45) is -0.501. The molecule has 5 nitrogen and oxygen atoms in total. The monoisotopic (exact) mass is 370 g/mol. The van der Waals surface area contributed by atoms with E-state index in [-0.39, 0.29) is 0 Å². The zero-order chi connectivity index (χ0) is 19.2. The van der Waals surface area contributed by atoms with Crippen molar-refractivity contribution in [1.29, 1.82) is 0 Å². The minimum atomic E-state index is -0.501. The van der Waals surface area contributed by atoms with Crippen LogP contribution < -0.4 is 14.4 Å². The van der Waals surface area contributed by atoms with E-state index in [4.69, 9.17) is 9.47 Å². The predicted octanol–water partition coefficient (Wildman–Crippen LogP) is 2.87. The van der Waals surface area contributed by atoms with Gasteiger partial charge < -0.3 is 19.5 Å². The maximum absolute atomic E-state index is 10.3. The van der Waals surface area contributed by atoms with Gasteiger partial charge in [-0.3, -0.25) is 4.90 Å². The molecular weight excluding hydrogens is 340 g/mol. The smallest absolute Gasteiger partial charge is 0.119 e. The minimum Gasteiger partial charge on any atom is -0.497 e. The van der Waals surface area contributed by atoms with Gasteiger partial charge in [-0.15, -0.1) is 0 Å². The van der Waals surface area contributed by atoms with Crippen LogP contribution in [0.25, 0.3) is 0 Å². The molecule has 1 atom stereocenters. The van der Waals surface area contributed by atoms with E-state index in [0.717, 1.165) is 37.7 Å². The van der Waals surface area contributed by atoms with Gasteiger partial charge in [-0.1, -0.05) is 12.1 Å². The van der Waals surface area contributed by atoms with E-state index >= 15 is 0 Å². The summed E-state index contributed by atoms with van der Waals surface area (Å²) in [5.41, 5.74) is 4.03. The van der Waals surface area contributed by atoms with Crippen molar-refractivity contribution >= 4 is 5.69 Å². The zero-order valence-corrected chi connectivity index (χ0v) is 16.5. The van der Waals surface area contributed by atoms with Crippen LogP contribution in [0, 0.1) is 13.8 Å². The van der Waals surface area contributed by atoms with E-state index in [2.05, 4.69) is 41.8 Å². The number of hydrogen-bond acceptors (Lipinski definition) is 5. The Morgan fingerprint density at radius 3 is 2.30 bits per heavy atom. The van der Waals surface area contributed by atoms with Crippen LogP contribution in [0.15, 0.2) is 42.5 Å². The molecule has 0 aromatic heterocycles. The van der Waals surface area contributed by atoms with Crippen molar-refractivity contribution in [3.05, 3.63) is 53.6 Å². The summed E-state index contributed by atoms with van der Waals surface area (Å²) in [5, 5.41) is 10.3. The number of β-amino-alcohol motifs (C(OH)–C–C–N with tert-alkyl or cyclic N) is 1. The van der Waals surface area contributed by atoms with Gasteiger partial charge in [0.2, 0.25) is 0 Å². The number of ether oxygens (including phenoxy) is 2. The van der Waals surface area contributed by atoms with Crippen LogP contribution in [-0.2, 0) is 0 Å². The molecular formula is C22H30N2O3. The summed E-state index contributed by atoms with van der Waals surface area (Å²) in [6.45, 7) is 9.15. The second-order valence-electron chi connectivity index (χ2n) is 7.15. The van der Waals surface area contributed by atoms with Crippen molar-refractivity contribution in [3.63, 3.8) is 0 Å². The van der Waals surface area contributed by atoms with E-state index in [1.165, 1.54) is 16.8 Å². The van der Waals surface area contributed by atoms with Gasteiger partial charge in [0, 0.05) is 38.4 Å². The average Bonchev–Trinajstić information content (AvgIpc) is 2.70. The highest BCUT2D eigenvalue weighted by Crippen LogP contribution is 2.24. The Morgan fingerprint density at radius 1 is 0.963 bits per heavy atom. The number of anilines is 1. The fourth-order valence-electron chi connectivity index (χ4n) is 3.46. The normalized spacial score (nSPS) is 16.2. The molecule has 0 saturated carbocycles. The largest absolute Gasteiger partial charge is 0.497 e. The van der Waals surface area contributed by atoms with Gasteiger partial charge in [0.25, 0.3) is 0 Å². The molecule has 0 bridgehead atoms. The summed E-state index contributed by atoms with van der Waals surface area (Å²) < 4.78 is 10.8. The molecule has 5 heteroatoms. The van der Waals surface area contributed by atoms with Gasteiger partial charge in [-0.25, -0.2) is 0 Å². The molecule has 1 heterocycles. The van der Waals surface area contributed by atoms with Crippen LogP contribution in [0.4, 0.5) is 5.69 Å². The van der Waals surface area contributed by atoms with Gasteiger partial charge >= 0.3 is 0 Å². The number of hydrogen-bond donors (Lipinski definition) is 1. The summed E-state index contributed by atoms with van der Waals surface area (Å²) in [5.74, 6) is 1.54. The summed E-state index contributed by atoms with van der Waals surface area (Å²) in [7, 11) is 1.64. The SMILES string of the molecule is COc1ccc(OCC(O)CN2CCN(c3cccc(C)c3C)CC2)cc1. The molecule has 1 saturated heterocycles. The van der Waals surface area contributed by atoms with Gasteiger partial charge in [0.05, 0.1) is 7.11 Å². The number of piperazine rings is 1. The third kappa shape index (κ3) is 5.15. The number of methoxy groups -OCH3 is 1. The maximum Gasteiger partial charge on any atom is 0.119 e. The molecule has 0 radical (unpaired) electrons. The Labute approximate surface area is 162 Å². The molecule has 27 heavy (non-hydrogen) atoms. The Balaban J connectivity index is 1.43. The molecule has 1 N–H and O–H groups in total. The molecule has 3 rings (SSSR count).